The summed E-state index contributed by atoms with van der Waals surface area (Å²) in [4.78, 5) is 61.1. The summed E-state index contributed by atoms with van der Waals surface area (Å²) in [6.45, 7) is 0. The van der Waals surface area contributed by atoms with Crippen LogP contribution >= 0.6 is 0 Å². The van der Waals surface area contributed by atoms with Gasteiger partial charge in [0.1, 0.15) is 0 Å². The Labute approximate surface area is 281 Å². The van der Waals surface area contributed by atoms with Crippen LogP contribution in [-0.4, -0.2) is 252 Å². The molecule has 0 aliphatic carbocycles. The van der Waals surface area contributed by atoms with Gasteiger partial charge in [0, 0.05) is 0 Å². The third-order valence-corrected chi connectivity index (χ3v) is 0.887. The molecule has 0 radical (unpaired) electrons. The maximum absolute atomic E-state index is 10.5. The van der Waals surface area contributed by atoms with E-state index in [2.05, 4.69) is 9.47 Å². The van der Waals surface area contributed by atoms with Crippen molar-refractivity contribution in [2.45, 2.75) is 0 Å². The number of carbonyl (C=O) groups excluding carboxylic acids is 4. The van der Waals surface area contributed by atoms with E-state index in [-0.39, 0.29) is 206 Å². The van der Waals surface area contributed by atoms with Gasteiger partial charge in [0.15, 0.2) is 0 Å². The molecule has 0 amide bonds. The van der Waals surface area contributed by atoms with Crippen LogP contribution in [0.25, 0.3) is 0 Å². The molecule has 0 aromatic rings. The minimum atomic E-state index is -2.16. The van der Waals surface area contributed by atoms with E-state index in [1.165, 1.54) is 0 Å². The molecule has 0 spiro atoms. The summed E-state index contributed by atoms with van der Waals surface area (Å²) in [5.41, 5.74) is 0. The third-order valence-electron chi connectivity index (χ3n) is 0.887. The molecule has 20 heavy (non-hydrogen) atoms. The molecule has 0 bridgehead atoms. The SMILES string of the molecule is O=C(O)C(=O)OC(=O)C(=O)OC(=O)C(=O)O.[KH].[KH].[KH].[KH]. The quantitative estimate of drug-likeness (QED) is 0.176. The Bertz CT molecular complexity index is 367. The summed E-state index contributed by atoms with van der Waals surface area (Å²) in [5.74, 6) is -12.7. The number of carboxylic acid groups (broad SMARTS) is 2. The Kier molecular flexibility index (Phi) is 33.4. The summed E-state index contributed by atoms with van der Waals surface area (Å²) in [6.07, 6.45) is 0. The Morgan fingerprint density at radius 1 is 0.500 bits per heavy atom. The van der Waals surface area contributed by atoms with Crippen LogP contribution in [0.1, 0.15) is 0 Å². The van der Waals surface area contributed by atoms with E-state index in [0.717, 1.165) is 0 Å². The first kappa shape index (κ1) is 35.0. The van der Waals surface area contributed by atoms with Gasteiger partial charge in [-0.05, 0) is 0 Å². The van der Waals surface area contributed by atoms with Gasteiger partial charge < -0.3 is 19.7 Å². The van der Waals surface area contributed by atoms with Crippen LogP contribution in [0.5, 0.6) is 0 Å². The first-order valence-corrected chi connectivity index (χ1v) is 3.24. The van der Waals surface area contributed by atoms with Crippen LogP contribution in [0.15, 0.2) is 0 Å². The summed E-state index contributed by atoms with van der Waals surface area (Å²) < 4.78 is 6.71. The van der Waals surface area contributed by atoms with Crippen molar-refractivity contribution in [2.75, 3.05) is 0 Å². The zero-order chi connectivity index (χ0) is 12.9. The summed E-state index contributed by atoms with van der Waals surface area (Å²) in [5, 5.41) is 15.9. The van der Waals surface area contributed by atoms with E-state index in [1.807, 2.05) is 0 Å². The zero-order valence-electron chi connectivity index (χ0n) is 7.16. The van der Waals surface area contributed by atoms with E-state index in [0.29, 0.717) is 0 Å². The predicted molar refractivity (Wildman–Crippen MR) is 66.1 cm³/mol. The van der Waals surface area contributed by atoms with Crippen LogP contribution < -0.4 is 0 Å². The Hall–Kier alpha value is 3.77. The van der Waals surface area contributed by atoms with Crippen LogP contribution in [0.3, 0.4) is 0 Å². The van der Waals surface area contributed by atoms with Gasteiger partial charge in [0.25, 0.3) is 0 Å². The molecule has 0 heterocycles. The van der Waals surface area contributed by atoms with Crippen molar-refractivity contribution < 1.29 is 48.5 Å². The van der Waals surface area contributed by atoms with Crippen molar-refractivity contribution in [3.8, 4) is 0 Å². The number of hydrogen-bond donors (Lipinski definition) is 2. The number of ether oxygens (including phenoxy) is 2. The van der Waals surface area contributed by atoms with Gasteiger partial charge >= 0.3 is 241 Å². The number of rotatable bonds is 0. The average molecular weight is 394 g/mol. The van der Waals surface area contributed by atoms with E-state index >= 15 is 0 Å². The van der Waals surface area contributed by atoms with Crippen molar-refractivity contribution in [1.82, 2.24) is 0 Å². The van der Waals surface area contributed by atoms with E-state index < -0.39 is 35.8 Å². The topological polar surface area (TPSA) is 161 Å². The molecule has 0 rings (SSSR count). The van der Waals surface area contributed by atoms with Crippen molar-refractivity contribution >= 4 is 241 Å². The molecule has 0 unspecified atom stereocenters. The average Bonchev–Trinajstić information content (AvgIpc) is 2.16. The molecule has 0 fully saturated rings. The number of carboxylic acids is 2. The van der Waals surface area contributed by atoms with E-state index in [1.54, 1.807) is 0 Å². The monoisotopic (exact) mass is 394 g/mol. The molecular weight excluding hydrogens is 388 g/mol. The molecule has 2 N–H and O–H groups in total. The molecule has 0 aliphatic rings. The van der Waals surface area contributed by atoms with Crippen molar-refractivity contribution in [3.05, 3.63) is 0 Å². The molecule has 94 valence electrons. The van der Waals surface area contributed by atoms with Crippen LogP contribution in [0, 0.1) is 0 Å². The van der Waals surface area contributed by atoms with Gasteiger partial charge in [0.2, 0.25) is 0 Å². The van der Waals surface area contributed by atoms with Gasteiger partial charge in [-0.15, -0.1) is 0 Å². The van der Waals surface area contributed by atoms with Gasteiger partial charge in [-0.25, -0.2) is 28.8 Å². The maximum atomic E-state index is 10.5. The van der Waals surface area contributed by atoms with Gasteiger partial charge in [-0.2, -0.15) is 0 Å². The molecular formula is C6H6K4O10. The fourth-order valence-electron chi connectivity index (χ4n) is 0.339. The van der Waals surface area contributed by atoms with Crippen molar-refractivity contribution in [2.24, 2.45) is 0 Å². The van der Waals surface area contributed by atoms with Crippen LogP contribution in [-0.2, 0) is 38.2 Å². The standard InChI is InChI=1S/C6H2O10.4K.4H/c7-1(8)3(11)15-5(13)6(14)16-4(12)2(9)10;;;;;;;;/h(H,7,8)(H,9,10);;;;;;;;. The van der Waals surface area contributed by atoms with Crippen molar-refractivity contribution in [1.29, 1.82) is 0 Å². The van der Waals surface area contributed by atoms with Gasteiger partial charge in [0.05, 0.1) is 0 Å². The number of aliphatic carboxylic acids is 2. The van der Waals surface area contributed by atoms with Crippen LogP contribution in [0.2, 0.25) is 0 Å². The fraction of sp³-hybridized carbons (Fsp3) is 0. The summed E-state index contributed by atoms with van der Waals surface area (Å²) in [7, 11) is 0. The first-order valence-electron chi connectivity index (χ1n) is 3.24. The molecule has 0 aliphatic heterocycles. The molecule has 0 aromatic carbocycles. The summed E-state index contributed by atoms with van der Waals surface area (Å²) in [6, 6.07) is 0. The number of esters is 4. The molecule has 0 atom stereocenters. The van der Waals surface area contributed by atoms with E-state index in [4.69, 9.17) is 10.2 Å². The molecule has 10 nitrogen and oxygen atoms in total. The Morgan fingerprint density at radius 2 is 0.700 bits per heavy atom. The molecule has 0 aromatic heterocycles. The second-order valence-electron chi connectivity index (χ2n) is 1.96. The Morgan fingerprint density at radius 3 is 0.850 bits per heavy atom. The summed E-state index contributed by atoms with van der Waals surface area (Å²) >= 11 is 0. The van der Waals surface area contributed by atoms with Crippen LogP contribution in [0.4, 0.5) is 0 Å². The van der Waals surface area contributed by atoms with Gasteiger partial charge in [-0.3, -0.25) is 0 Å². The second-order valence-corrected chi connectivity index (χ2v) is 1.96. The Balaban J connectivity index is -0.000000187. The number of hydrogen-bond acceptors (Lipinski definition) is 8. The minimum absolute atomic E-state index is 0. The van der Waals surface area contributed by atoms with Crippen molar-refractivity contribution in [3.63, 3.8) is 0 Å². The first-order chi connectivity index (χ1) is 7.25. The molecule has 0 saturated carbocycles. The van der Waals surface area contributed by atoms with E-state index in [9.17, 15) is 28.8 Å². The number of carbonyl (C=O) groups is 6. The fourth-order valence-corrected chi connectivity index (χ4v) is 0.339. The normalized spacial score (nSPS) is 7.00. The molecule has 14 heteroatoms. The third kappa shape index (κ3) is 16.6. The molecule has 0 saturated heterocycles. The predicted octanol–water partition coefficient (Wildman–Crippen LogP) is -5.30. The second kappa shape index (κ2) is 19.1. The zero-order valence-corrected chi connectivity index (χ0v) is 7.16. The van der Waals surface area contributed by atoms with Gasteiger partial charge in [-0.1, -0.05) is 0 Å².